The van der Waals surface area contributed by atoms with Crippen molar-refractivity contribution in [3.63, 3.8) is 0 Å². The molecule has 0 saturated carbocycles. The Kier molecular flexibility index (Phi) is 4.39. The molecule has 0 aliphatic rings. The van der Waals surface area contributed by atoms with Gasteiger partial charge in [0.2, 0.25) is 5.91 Å². The first-order valence-electron chi connectivity index (χ1n) is 6.13. The second kappa shape index (κ2) is 6.23. The SMILES string of the molecule is CC(NC(=O)CCn1cncn1)c1ccc(F)c(F)c1. The highest BCUT2D eigenvalue weighted by Gasteiger charge is 2.12. The van der Waals surface area contributed by atoms with E-state index in [2.05, 4.69) is 15.4 Å². The van der Waals surface area contributed by atoms with Crippen molar-refractivity contribution in [1.29, 1.82) is 0 Å². The van der Waals surface area contributed by atoms with E-state index < -0.39 is 17.7 Å². The zero-order chi connectivity index (χ0) is 14.5. The van der Waals surface area contributed by atoms with Crippen molar-refractivity contribution >= 4 is 5.91 Å². The quantitative estimate of drug-likeness (QED) is 0.909. The van der Waals surface area contributed by atoms with E-state index in [0.717, 1.165) is 12.1 Å². The summed E-state index contributed by atoms with van der Waals surface area (Å²) in [5, 5.41) is 6.60. The molecule has 1 heterocycles. The predicted molar refractivity (Wildman–Crippen MR) is 67.6 cm³/mol. The van der Waals surface area contributed by atoms with Gasteiger partial charge in [0, 0.05) is 6.42 Å². The van der Waals surface area contributed by atoms with Gasteiger partial charge in [0.1, 0.15) is 12.7 Å². The van der Waals surface area contributed by atoms with Gasteiger partial charge in [-0.3, -0.25) is 9.48 Å². The third-order valence-electron chi connectivity index (χ3n) is 2.86. The summed E-state index contributed by atoms with van der Waals surface area (Å²) in [5.41, 5.74) is 0.512. The molecule has 0 radical (unpaired) electrons. The van der Waals surface area contributed by atoms with Gasteiger partial charge in [-0.25, -0.2) is 13.8 Å². The summed E-state index contributed by atoms with van der Waals surface area (Å²) in [7, 11) is 0. The molecule has 0 spiro atoms. The van der Waals surface area contributed by atoms with Crippen LogP contribution in [0, 0.1) is 11.6 Å². The van der Waals surface area contributed by atoms with Crippen LogP contribution in [0.4, 0.5) is 8.78 Å². The van der Waals surface area contributed by atoms with Crippen molar-refractivity contribution in [3.05, 3.63) is 48.1 Å². The molecule has 7 heteroatoms. The molecule has 2 rings (SSSR count). The summed E-state index contributed by atoms with van der Waals surface area (Å²) in [6, 6.07) is 3.18. The maximum atomic E-state index is 13.1. The minimum Gasteiger partial charge on any atom is -0.350 e. The molecule has 1 amide bonds. The van der Waals surface area contributed by atoms with E-state index in [9.17, 15) is 13.6 Å². The van der Waals surface area contributed by atoms with Gasteiger partial charge >= 0.3 is 0 Å². The van der Waals surface area contributed by atoms with Crippen molar-refractivity contribution in [2.75, 3.05) is 0 Å². The predicted octanol–water partition coefficient (Wildman–Crippen LogP) is 1.82. The van der Waals surface area contributed by atoms with Gasteiger partial charge in [-0.05, 0) is 24.6 Å². The van der Waals surface area contributed by atoms with Gasteiger partial charge in [0.15, 0.2) is 11.6 Å². The number of nitrogens with zero attached hydrogens (tertiary/aromatic N) is 3. The first kappa shape index (κ1) is 14.1. The highest BCUT2D eigenvalue weighted by molar-refractivity contribution is 5.76. The molecule has 20 heavy (non-hydrogen) atoms. The number of benzene rings is 1. The standard InChI is InChI=1S/C13H14F2N4O/c1-9(10-2-3-11(14)12(15)6-10)18-13(20)4-5-19-8-16-7-17-19/h2-3,6-9H,4-5H2,1H3,(H,18,20). The van der Waals surface area contributed by atoms with Crippen LogP contribution in [0.25, 0.3) is 0 Å². The number of amides is 1. The molecule has 1 unspecified atom stereocenters. The highest BCUT2D eigenvalue weighted by Crippen LogP contribution is 2.15. The van der Waals surface area contributed by atoms with Crippen molar-refractivity contribution in [2.24, 2.45) is 0 Å². The topological polar surface area (TPSA) is 59.8 Å². The van der Waals surface area contributed by atoms with Gasteiger partial charge in [-0.2, -0.15) is 5.10 Å². The van der Waals surface area contributed by atoms with E-state index in [-0.39, 0.29) is 12.3 Å². The Balaban J connectivity index is 1.88. The van der Waals surface area contributed by atoms with Crippen LogP contribution in [0.3, 0.4) is 0 Å². The zero-order valence-corrected chi connectivity index (χ0v) is 10.9. The number of nitrogens with one attached hydrogen (secondary N) is 1. The van der Waals surface area contributed by atoms with E-state index in [1.54, 1.807) is 11.6 Å². The van der Waals surface area contributed by atoms with Crippen LogP contribution >= 0.6 is 0 Å². The lowest BCUT2D eigenvalue weighted by Gasteiger charge is -2.14. The first-order chi connectivity index (χ1) is 9.56. The summed E-state index contributed by atoms with van der Waals surface area (Å²) in [4.78, 5) is 15.5. The lowest BCUT2D eigenvalue weighted by atomic mass is 10.1. The van der Waals surface area contributed by atoms with Crippen LogP contribution in [0.1, 0.15) is 24.9 Å². The summed E-state index contributed by atoms with van der Waals surface area (Å²) >= 11 is 0. The number of hydrogen-bond acceptors (Lipinski definition) is 3. The molecule has 1 aromatic carbocycles. The molecule has 0 aliphatic heterocycles. The third-order valence-corrected chi connectivity index (χ3v) is 2.86. The molecule has 0 bridgehead atoms. The van der Waals surface area contributed by atoms with E-state index >= 15 is 0 Å². The molecule has 106 valence electrons. The first-order valence-corrected chi connectivity index (χ1v) is 6.13. The Hall–Kier alpha value is -2.31. The summed E-state index contributed by atoms with van der Waals surface area (Å²) in [5.74, 6) is -2.03. The number of carbonyl (C=O) groups is 1. The second-order valence-corrected chi connectivity index (χ2v) is 4.37. The van der Waals surface area contributed by atoms with Crippen molar-refractivity contribution in [1.82, 2.24) is 20.1 Å². The average Bonchev–Trinajstić information content (AvgIpc) is 2.92. The van der Waals surface area contributed by atoms with Crippen molar-refractivity contribution in [3.8, 4) is 0 Å². The fraction of sp³-hybridized carbons (Fsp3) is 0.308. The van der Waals surface area contributed by atoms with Gasteiger partial charge in [0.25, 0.3) is 0 Å². The summed E-state index contributed by atoms with van der Waals surface area (Å²) in [6.07, 6.45) is 3.14. The smallest absolute Gasteiger partial charge is 0.222 e. The molecule has 1 atom stereocenters. The van der Waals surface area contributed by atoms with Crippen LogP contribution in [0.2, 0.25) is 0 Å². The fourth-order valence-electron chi connectivity index (χ4n) is 1.74. The Morgan fingerprint density at radius 2 is 2.20 bits per heavy atom. The van der Waals surface area contributed by atoms with Crippen molar-refractivity contribution in [2.45, 2.75) is 25.9 Å². The monoisotopic (exact) mass is 280 g/mol. The fourth-order valence-corrected chi connectivity index (χ4v) is 1.74. The Morgan fingerprint density at radius 1 is 1.40 bits per heavy atom. The molecule has 0 fully saturated rings. The molecular formula is C13H14F2N4O. The molecule has 0 aliphatic carbocycles. The maximum absolute atomic E-state index is 13.1. The van der Waals surface area contributed by atoms with Crippen LogP contribution in [0.5, 0.6) is 0 Å². The number of carbonyl (C=O) groups excluding carboxylic acids is 1. The Labute approximate surface area is 114 Å². The third kappa shape index (κ3) is 3.59. The number of aromatic nitrogens is 3. The number of hydrogen-bond donors (Lipinski definition) is 1. The van der Waals surface area contributed by atoms with Gasteiger partial charge in [-0.15, -0.1) is 0 Å². The van der Waals surface area contributed by atoms with Crippen LogP contribution in [-0.4, -0.2) is 20.7 Å². The van der Waals surface area contributed by atoms with Gasteiger partial charge in [0.05, 0.1) is 12.6 Å². The Morgan fingerprint density at radius 3 is 2.85 bits per heavy atom. The molecule has 5 nitrogen and oxygen atoms in total. The highest BCUT2D eigenvalue weighted by atomic mass is 19.2. The van der Waals surface area contributed by atoms with Gasteiger partial charge in [-0.1, -0.05) is 6.07 Å². The minimum absolute atomic E-state index is 0.197. The summed E-state index contributed by atoms with van der Waals surface area (Å²) < 4.78 is 27.5. The maximum Gasteiger partial charge on any atom is 0.222 e. The van der Waals surface area contributed by atoms with Crippen LogP contribution in [-0.2, 0) is 11.3 Å². The average molecular weight is 280 g/mol. The molecule has 0 saturated heterocycles. The number of rotatable bonds is 5. The molecule has 1 aromatic heterocycles. The normalized spacial score (nSPS) is 12.2. The second-order valence-electron chi connectivity index (χ2n) is 4.37. The molecule has 1 N–H and O–H groups in total. The lowest BCUT2D eigenvalue weighted by molar-refractivity contribution is -0.122. The molecule has 2 aromatic rings. The lowest BCUT2D eigenvalue weighted by Crippen LogP contribution is -2.27. The van der Waals surface area contributed by atoms with E-state index in [0.29, 0.717) is 12.1 Å². The minimum atomic E-state index is -0.925. The Bertz CT molecular complexity index is 586. The van der Waals surface area contributed by atoms with Crippen molar-refractivity contribution < 1.29 is 13.6 Å². The largest absolute Gasteiger partial charge is 0.350 e. The van der Waals surface area contributed by atoms with E-state index in [1.807, 2.05) is 0 Å². The number of aryl methyl sites for hydroxylation is 1. The van der Waals surface area contributed by atoms with Crippen LogP contribution in [0.15, 0.2) is 30.9 Å². The summed E-state index contributed by atoms with van der Waals surface area (Å²) in [6.45, 7) is 2.12. The van der Waals surface area contributed by atoms with E-state index in [4.69, 9.17) is 0 Å². The molecular weight excluding hydrogens is 266 g/mol. The number of halogens is 2. The van der Waals surface area contributed by atoms with E-state index in [1.165, 1.54) is 18.7 Å². The van der Waals surface area contributed by atoms with Gasteiger partial charge < -0.3 is 5.32 Å². The zero-order valence-electron chi connectivity index (χ0n) is 10.9. The van der Waals surface area contributed by atoms with Crippen LogP contribution < -0.4 is 5.32 Å².